The van der Waals surface area contributed by atoms with Crippen LogP contribution < -0.4 is 4.74 Å². The maximum atomic E-state index is 10.5. The molecule has 1 aromatic carbocycles. The Kier molecular flexibility index (Phi) is 3.30. The number of thioether (sulfide) groups is 1. The van der Waals surface area contributed by atoms with Crippen LogP contribution >= 0.6 is 11.8 Å². The molecule has 2 aliphatic heterocycles. The largest absolute Gasteiger partial charge is 0.493 e. The van der Waals surface area contributed by atoms with E-state index in [2.05, 4.69) is 6.07 Å². The molecule has 92 valence electrons. The fourth-order valence-electron chi connectivity index (χ4n) is 2.69. The van der Waals surface area contributed by atoms with Crippen LogP contribution in [-0.4, -0.2) is 22.7 Å². The third kappa shape index (κ3) is 2.18. The average molecular weight is 250 g/mol. The molecule has 17 heavy (non-hydrogen) atoms. The van der Waals surface area contributed by atoms with Crippen molar-refractivity contribution in [3.8, 4) is 5.75 Å². The number of aliphatic hydroxyl groups is 1. The Morgan fingerprint density at radius 3 is 3.12 bits per heavy atom. The molecule has 0 saturated carbocycles. The van der Waals surface area contributed by atoms with Crippen LogP contribution in [0.4, 0.5) is 0 Å². The van der Waals surface area contributed by atoms with Crippen molar-refractivity contribution in [2.45, 2.75) is 37.0 Å². The molecule has 1 N–H and O–H groups in total. The third-order valence-corrected chi connectivity index (χ3v) is 5.08. The standard InChI is InChI=1S/C14H18O2S/c15-13(12-6-1-2-9-17-12)11-5-3-4-10-7-8-16-14(10)11/h3-5,12-13,15H,1-2,6-9H2. The lowest BCUT2D eigenvalue weighted by Crippen LogP contribution is -2.19. The van der Waals surface area contributed by atoms with Gasteiger partial charge in [-0.25, -0.2) is 0 Å². The first-order valence-electron chi connectivity index (χ1n) is 6.40. The molecule has 1 fully saturated rings. The predicted octanol–water partition coefficient (Wildman–Crippen LogP) is 2.94. The fourth-order valence-corrected chi connectivity index (χ4v) is 4.02. The molecule has 0 aliphatic carbocycles. The highest BCUT2D eigenvalue weighted by atomic mass is 32.2. The molecule has 1 aromatic rings. The van der Waals surface area contributed by atoms with Crippen LogP contribution in [0.3, 0.4) is 0 Å². The van der Waals surface area contributed by atoms with Crippen LogP contribution in [0.1, 0.15) is 36.5 Å². The summed E-state index contributed by atoms with van der Waals surface area (Å²) in [6.07, 6.45) is 4.26. The highest BCUT2D eigenvalue weighted by molar-refractivity contribution is 7.99. The van der Waals surface area contributed by atoms with Crippen molar-refractivity contribution < 1.29 is 9.84 Å². The van der Waals surface area contributed by atoms with E-state index in [-0.39, 0.29) is 6.10 Å². The molecule has 2 heterocycles. The van der Waals surface area contributed by atoms with E-state index in [0.717, 1.165) is 30.8 Å². The minimum absolute atomic E-state index is 0.347. The molecule has 0 spiro atoms. The van der Waals surface area contributed by atoms with Gasteiger partial charge in [-0.2, -0.15) is 11.8 Å². The fraction of sp³-hybridized carbons (Fsp3) is 0.571. The van der Waals surface area contributed by atoms with Crippen LogP contribution in [0.25, 0.3) is 0 Å². The molecule has 3 rings (SSSR count). The Morgan fingerprint density at radius 1 is 1.35 bits per heavy atom. The first-order valence-corrected chi connectivity index (χ1v) is 7.45. The lowest BCUT2D eigenvalue weighted by atomic mass is 9.99. The smallest absolute Gasteiger partial charge is 0.128 e. The number of para-hydroxylation sites is 1. The van der Waals surface area contributed by atoms with E-state index >= 15 is 0 Å². The molecule has 0 radical (unpaired) electrons. The van der Waals surface area contributed by atoms with Gasteiger partial charge in [-0.15, -0.1) is 0 Å². The van der Waals surface area contributed by atoms with Gasteiger partial charge in [0, 0.05) is 17.2 Å². The molecular weight excluding hydrogens is 232 g/mol. The van der Waals surface area contributed by atoms with Crippen molar-refractivity contribution in [1.29, 1.82) is 0 Å². The van der Waals surface area contributed by atoms with Crippen molar-refractivity contribution in [1.82, 2.24) is 0 Å². The number of hydrogen-bond acceptors (Lipinski definition) is 3. The molecule has 1 saturated heterocycles. The quantitative estimate of drug-likeness (QED) is 0.875. The van der Waals surface area contributed by atoms with Crippen LogP contribution in [-0.2, 0) is 6.42 Å². The van der Waals surface area contributed by atoms with Gasteiger partial charge in [0.25, 0.3) is 0 Å². The summed E-state index contributed by atoms with van der Waals surface area (Å²) < 4.78 is 5.67. The second-order valence-electron chi connectivity index (χ2n) is 4.78. The van der Waals surface area contributed by atoms with Crippen molar-refractivity contribution in [2.75, 3.05) is 12.4 Å². The van der Waals surface area contributed by atoms with Crippen LogP contribution in [0.2, 0.25) is 0 Å². The molecule has 3 heteroatoms. The monoisotopic (exact) mass is 250 g/mol. The first kappa shape index (κ1) is 11.4. The molecule has 2 unspecified atom stereocenters. The van der Waals surface area contributed by atoms with Crippen molar-refractivity contribution in [2.24, 2.45) is 0 Å². The van der Waals surface area contributed by atoms with Gasteiger partial charge in [-0.1, -0.05) is 24.6 Å². The maximum absolute atomic E-state index is 10.5. The SMILES string of the molecule is OC(c1cccc2c1OCC2)C1CCCCS1. The van der Waals surface area contributed by atoms with Gasteiger partial charge in [0.15, 0.2) is 0 Å². The third-order valence-electron chi connectivity index (χ3n) is 3.63. The minimum Gasteiger partial charge on any atom is -0.493 e. The minimum atomic E-state index is -0.367. The van der Waals surface area contributed by atoms with Gasteiger partial charge in [-0.3, -0.25) is 0 Å². The van der Waals surface area contributed by atoms with E-state index in [1.165, 1.54) is 24.2 Å². The zero-order chi connectivity index (χ0) is 11.7. The van der Waals surface area contributed by atoms with Gasteiger partial charge in [0.05, 0.1) is 12.7 Å². The van der Waals surface area contributed by atoms with Crippen LogP contribution in [0.15, 0.2) is 18.2 Å². The molecule has 0 amide bonds. The highest BCUT2D eigenvalue weighted by Crippen LogP contribution is 2.40. The van der Waals surface area contributed by atoms with E-state index in [9.17, 15) is 5.11 Å². The Bertz CT molecular complexity index is 399. The predicted molar refractivity (Wildman–Crippen MR) is 70.7 cm³/mol. The van der Waals surface area contributed by atoms with Crippen LogP contribution in [0, 0.1) is 0 Å². The molecule has 2 aliphatic rings. The van der Waals surface area contributed by atoms with E-state index in [0.29, 0.717) is 5.25 Å². The van der Waals surface area contributed by atoms with E-state index < -0.39 is 0 Å². The number of hydrogen-bond donors (Lipinski definition) is 1. The molecular formula is C14H18O2S. The van der Waals surface area contributed by atoms with Gasteiger partial charge < -0.3 is 9.84 Å². The summed E-state index contributed by atoms with van der Waals surface area (Å²) in [6, 6.07) is 6.16. The van der Waals surface area contributed by atoms with Crippen molar-refractivity contribution in [3.63, 3.8) is 0 Å². The number of aliphatic hydroxyl groups excluding tert-OH is 1. The lowest BCUT2D eigenvalue weighted by molar-refractivity contribution is 0.164. The summed E-state index contributed by atoms with van der Waals surface area (Å²) >= 11 is 1.91. The average Bonchev–Trinajstić information content (AvgIpc) is 2.87. The molecule has 0 aromatic heterocycles. The Balaban J connectivity index is 1.85. The zero-order valence-corrected chi connectivity index (χ0v) is 10.7. The van der Waals surface area contributed by atoms with Gasteiger partial charge >= 0.3 is 0 Å². The van der Waals surface area contributed by atoms with E-state index in [4.69, 9.17) is 4.74 Å². The number of rotatable bonds is 2. The Hall–Kier alpha value is -0.670. The molecule has 2 nitrogen and oxygen atoms in total. The zero-order valence-electron chi connectivity index (χ0n) is 9.89. The summed E-state index contributed by atoms with van der Waals surface area (Å²) in [4.78, 5) is 0. The van der Waals surface area contributed by atoms with Gasteiger partial charge in [-0.05, 0) is 24.2 Å². The lowest BCUT2D eigenvalue weighted by Gasteiger charge is -2.27. The summed E-state index contributed by atoms with van der Waals surface area (Å²) in [5, 5.41) is 10.9. The summed E-state index contributed by atoms with van der Waals surface area (Å²) in [5.41, 5.74) is 2.25. The summed E-state index contributed by atoms with van der Waals surface area (Å²) in [7, 11) is 0. The van der Waals surface area contributed by atoms with Gasteiger partial charge in [0.2, 0.25) is 0 Å². The maximum Gasteiger partial charge on any atom is 0.128 e. The Labute approximate surface area is 106 Å². The first-order chi connectivity index (χ1) is 8.36. The summed E-state index contributed by atoms with van der Waals surface area (Å²) in [5.74, 6) is 2.13. The summed E-state index contributed by atoms with van der Waals surface area (Å²) in [6.45, 7) is 0.761. The second kappa shape index (κ2) is 4.91. The topological polar surface area (TPSA) is 29.5 Å². The van der Waals surface area contributed by atoms with Gasteiger partial charge in [0.1, 0.15) is 5.75 Å². The molecule has 0 bridgehead atoms. The molecule has 2 atom stereocenters. The van der Waals surface area contributed by atoms with E-state index in [1.807, 2.05) is 23.9 Å². The number of benzene rings is 1. The normalized spacial score (nSPS) is 25.1. The number of fused-ring (bicyclic) bond motifs is 1. The van der Waals surface area contributed by atoms with Crippen molar-refractivity contribution in [3.05, 3.63) is 29.3 Å². The van der Waals surface area contributed by atoms with Crippen LogP contribution in [0.5, 0.6) is 5.75 Å². The second-order valence-corrected chi connectivity index (χ2v) is 6.13. The Morgan fingerprint density at radius 2 is 2.29 bits per heavy atom. The van der Waals surface area contributed by atoms with Crippen molar-refractivity contribution >= 4 is 11.8 Å². The highest BCUT2D eigenvalue weighted by Gasteiger charge is 2.28. The number of ether oxygens (including phenoxy) is 1. The van der Waals surface area contributed by atoms with E-state index in [1.54, 1.807) is 0 Å².